The van der Waals surface area contributed by atoms with Gasteiger partial charge in [0.15, 0.2) is 0 Å². The Morgan fingerprint density at radius 3 is 2.95 bits per heavy atom. The number of anilines is 1. The highest BCUT2D eigenvalue weighted by Gasteiger charge is 2.29. The molecule has 3 rings (SSSR count). The van der Waals surface area contributed by atoms with E-state index in [-0.39, 0.29) is 6.10 Å². The van der Waals surface area contributed by atoms with E-state index >= 15 is 0 Å². The molecule has 0 aromatic carbocycles. The van der Waals surface area contributed by atoms with Crippen LogP contribution in [0.4, 0.5) is 5.82 Å². The van der Waals surface area contributed by atoms with Crippen LogP contribution in [-0.2, 0) is 0 Å². The van der Waals surface area contributed by atoms with Crippen molar-refractivity contribution < 1.29 is 4.74 Å². The Kier molecular flexibility index (Phi) is 3.77. The lowest BCUT2D eigenvalue weighted by atomic mass is 10.0. The summed E-state index contributed by atoms with van der Waals surface area (Å²) in [5.41, 5.74) is 7.88. The molecule has 3 N–H and O–H groups in total. The summed E-state index contributed by atoms with van der Waals surface area (Å²) in [7, 11) is 0. The lowest BCUT2D eigenvalue weighted by Crippen LogP contribution is -2.15. The van der Waals surface area contributed by atoms with E-state index in [1.54, 1.807) is 6.20 Å². The minimum Gasteiger partial charge on any atom is -0.473 e. The van der Waals surface area contributed by atoms with Gasteiger partial charge in [0.05, 0.1) is 6.20 Å². The third-order valence-electron chi connectivity index (χ3n) is 4.06. The predicted octanol–water partition coefficient (Wildman–Crippen LogP) is 2.62. The first-order valence-electron chi connectivity index (χ1n) is 7.42. The summed E-state index contributed by atoms with van der Waals surface area (Å²) in [4.78, 5) is 0. The molecule has 1 aliphatic carbocycles. The molecular formula is C15H21N5O. The summed E-state index contributed by atoms with van der Waals surface area (Å²) in [6.45, 7) is 4.27. The van der Waals surface area contributed by atoms with Gasteiger partial charge in [-0.05, 0) is 31.2 Å². The molecular weight excluding hydrogens is 266 g/mol. The molecule has 0 unspecified atom stereocenters. The van der Waals surface area contributed by atoms with Gasteiger partial charge in [-0.15, -0.1) is 5.10 Å². The molecule has 1 saturated carbocycles. The summed E-state index contributed by atoms with van der Waals surface area (Å²) in [5, 5.41) is 15.1. The molecule has 0 aliphatic heterocycles. The molecule has 0 radical (unpaired) electrons. The highest BCUT2D eigenvalue weighted by molar-refractivity contribution is 5.31. The molecule has 6 nitrogen and oxygen atoms in total. The first-order valence-corrected chi connectivity index (χ1v) is 7.42. The molecule has 1 aliphatic rings. The van der Waals surface area contributed by atoms with Crippen molar-refractivity contribution in [2.45, 2.75) is 51.0 Å². The molecule has 2 atom stereocenters. The normalized spacial score (nSPS) is 21.9. The van der Waals surface area contributed by atoms with Crippen molar-refractivity contribution in [3.05, 3.63) is 29.6 Å². The van der Waals surface area contributed by atoms with Crippen molar-refractivity contribution in [3.63, 3.8) is 0 Å². The van der Waals surface area contributed by atoms with Crippen LogP contribution >= 0.6 is 0 Å². The number of nitrogens with one attached hydrogen (secondary N) is 1. The Bertz CT molecular complexity index is 610. The molecule has 112 valence electrons. The van der Waals surface area contributed by atoms with Crippen LogP contribution in [0, 0.1) is 0 Å². The fourth-order valence-corrected chi connectivity index (χ4v) is 2.91. The number of nitrogens with zero attached hydrogens (tertiary/aromatic N) is 3. The number of hydrogen-bond acceptors (Lipinski definition) is 5. The van der Waals surface area contributed by atoms with E-state index in [1.807, 2.05) is 12.1 Å². The van der Waals surface area contributed by atoms with E-state index in [1.165, 1.54) is 0 Å². The number of aromatic nitrogens is 4. The zero-order valence-electron chi connectivity index (χ0n) is 12.4. The first kappa shape index (κ1) is 13.9. The average Bonchev–Trinajstić information content (AvgIpc) is 3.08. The van der Waals surface area contributed by atoms with Crippen LogP contribution < -0.4 is 10.5 Å². The van der Waals surface area contributed by atoms with Crippen molar-refractivity contribution in [2.75, 3.05) is 5.73 Å². The Balaban J connectivity index is 1.68. The maximum Gasteiger partial charge on any atom is 0.237 e. The SMILES string of the molecule is CC(C)c1ccnnc1O[C@@H]1CC[C@H](c2cc(N)n[nH]2)C1. The molecule has 0 bridgehead atoms. The summed E-state index contributed by atoms with van der Waals surface area (Å²) in [6.07, 6.45) is 4.93. The van der Waals surface area contributed by atoms with Gasteiger partial charge in [-0.1, -0.05) is 13.8 Å². The second-order valence-electron chi connectivity index (χ2n) is 5.94. The Hall–Kier alpha value is -2.11. The molecule has 0 spiro atoms. The zero-order valence-corrected chi connectivity index (χ0v) is 12.4. The number of aromatic amines is 1. The average molecular weight is 287 g/mol. The number of nitrogens with two attached hydrogens (primary N) is 1. The van der Waals surface area contributed by atoms with Gasteiger partial charge in [-0.2, -0.15) is 10.2 Å². The molecule has 1 fully saturated rings. The molecule has 2 aromatic rings. The Morgan fingerprint density at radius 2 is 2.24 bits per heavy atom. The first-order chi connectivity index (χ1) is 10.1. The number of H-pyrrole nitrogens is 1. The van der Waals surface area contributed by atoms with Gasteiger partial charge in [0.25, 0.3) is 0 Å². The van der Waals surface area contributed by atoms with E-state index in [9.17, 15) is 0 Å². The van der Waals surface area contributed by atoms with Gasteiger partial charge in [0.1, 0.15) is 11.9 Å². The van der Waals surface area contributed by atoms with E-state index in [0.29, 0.717) is 23.5 Å². The monoisotopic (exact) mass is 287 g/mol. The molecule has 0 amide bonds. The highest BCUT2D eigenvalue weighted by atomic mass is 16.5. The molecule has 0 saturated heterocycles. The molecule has 21 heavy (non-hydrogen) atoms. The van der Waals surface area contributed by atoms with Crippen molar-refractivity contribution >= 4 is 5.82 Å². The van der Waals surface area contributed by atoms with Crippen molar-refractivity contribution in [1.29, 1.82) is 0 Å². The van der Waals surface area contributed by atoms with Crippen LogP contribution in [0.15, 0.2) is 18.3 Å². The molecule has 6 heteroatoms. The van der Waals surface area contributed by atoms with Gasteiger partial charge in [-0.3, -0.25) is 5.10 Å². The lowest BCUT2D eigenvalue weighted by molar-refractivity contribution is 0.194. The van der Waals surface area contributed by atoms with E-state index in [0.717, 1.165) is 30.5 Å². The molecule has 2 aromatic heterocycles. The van der Waals surface area contributed by atoms with Crippen LogP contribution in [0.3, 0.4) is 0 Å². The van der Waals surface area contributed by atoms with E-state index < -0.39 is 0 Å². The topological polar surface area (TPSA) is 89.7 Å². The van der Waals surface area contributed by atoms with Crippen molar-refractivity contribution in [3.8, 4) is 5.88 Å². The van der Waals surface area contributed by atoms with Crippen LogP contribution in [0.5, 0.6) is 5.88 Å². The van der Waals surface area contributed by atoms with Gasteiger partial charge >= 0.3 is 0 Å². The molecule has 2 heterocycles. The second-order valence-corrected chi connectivity index (χ2v) is 5.94. The number of hydrogen-bond donors (Lipinski definition) is 2. The zero-order chi connectivity index (χ0) is 14.8. The second kappa shape index (κ2) is 5.71. The van der Waals surface area contributed by atoms with Crippen LogP contribution in [0.2, 0.25) is 0 Å². The van der Waals surface area contributed by atoms with Crippen LogP contribution in [0.25, 0.3) is 0 Å². The predicted molar refractivity (Wildman–Crippen MR) is 80.1 cm³/mol. The van der Waals surface area contributed by atoms with Crippen LogP contribution in [-0.4, -0.2) is 26.5 Å². The quantitative estimate of drug-likeness (QED) is 0.902. The van der Waals surface area contributed by atoms with Gasteiger partial charge < -0.3 is 10.5 Å². The smallest absolute Gasteiger partial charge is 0.237 e. The summed E-state index contributed by atoms with van der Waals surface area (Å²) >= 11 is 0. The minimum atomic E-state index is 0.175. The fraction of sp³-hybridized carbons (Fsp3) is 0.533. The van der Waals surface area contributed by atoms with Gasteiger partial charge in [-0.25, -0.2) is 0 Å². The highest BCUT2D eigenvalue weighted by Crippen LogP contribution is 2.36. The third kappa shape index (κ3) is 2.99. The van der Waals surface area contributed by atoms with E-state index in [4.69, 9.17) is 10.5 Å². The third-order valence-corrected chi connectivity index (χ3v) is 4.06. The van der Waals surface area contributed by atoms with Gasteiger partial charge in [0, 0.05) is 23.2 Å². The summed E-state index contributed by atoms with van der Waals surface area (Å²) in [5.74, 6) is 2.02. The standard InChI is InChI=1S/C15H21N5O/c1-9(2)12-5-6-17-20-15(12)21-11-4-3-10(7-11)13-8-14(16)19-18-13/h5-6,8-11H,3-4,7H2,1-2H3,(H3,16,18,19)/t10-,11+/m0/s1. The van der Waals surface area contributed by atoms with Crippen molar-refractivity contribution in [1.82, 2.24) is 20.4 Å². The Labute approximate surface area is 124 Å². The minimum absolute atomic E-state index is 0.175. The lowest BCUT2D eigenvalue weighted by Gasteiger charge is -2.16. The Morgan fingerprint density at radius 1 is 1.38 bits per heavy atom. The van der Waals surface area contributed by atoms with Crippen molar-refractivity contribution in [2.24, 2.45) is 0 Å². The largest absolute Gasteiger partial charge is 0.473 e. The number of ether oxygens (including phenoxy) is 1. The summed E-state index contributed by atoms with van der Waals surface area (Å²) < 4.78 is 6.09. The van der Waals surface area contributed by atoms with E-state index in [2.05, 4.69) is 34.2 Å². The maximum atomic E-state index is 6.09. The van der Waals surface area contributed by atoms with Crippen LogP contribution in [0.1, 0.15) is 56.2 Å². The van der Waals surface area contributed by atoms with Gasteiger partial charge in [0.2, 0.25) is 5.88 Å². The number of rotatable bonds is 4. The maximum absolute atomic E-state index is 6.09. The number of nitrogen functional groups attached to an aromatic ring is 1. The summed E-state index contributed by atoms with van der Waals surface area (Å²) in [6, 6.07) is 3.89. The fourth-order valence-electron chi connectivity index (χ4n) is 2.91.